The molecule has 2 rings (SSSR count). The lowest BCUT2D eigenvalue weighted by atomic mass is 10.2. The van der Waals surface area contributed by atoms with Crippen LogP contribution in [0.3, 0.4) is 0 Å². The first-order valence-electron chi connectivity index (χ1n) is 3.76. The summed E-state index contributed by atoms with van der Waals surface area (Å²) in [5.74, 6) is 0.713. The Kier molecular flexibility index (Phi) is 1.46. The number of nitrogens with one attached hydrogen (secondary N) is 2. The van der Waals surface area contributed by atoms with E-state index in [0.717, 1.165) is 11.3 Å². The lowest BCUT2D eigenvalue weighted by Gasteiger charge is -2.00. The van der Waals surface area contributed by atoms with Crippen molar-refractivity contribution in [1.82, 2.24) is 4.98 Å². The Morgan fingerprint density at radius 2 is 2.50 bits per heavy atom. The molecule has 1 amide bonds. The second-order valence-corrected chi connectivity index (χ2v) is 2.71. The van der Waals surface area contributed by atoms with Crippen molar-refractivity contribution in [2.24, 2.45) is 0 Å². The molecule has 1 aliphatic rings. The van der Waals surface area contributed by atoms with E-state index in [9.17, 15) is 4.79 Å². The van der Waals surface area contributed by atoms with Gasteiger partial charge in [0, 0.05) is 12.6 Å². The Hall–Kier alpha value is -1.58. The average molecular weight is 163 g/mol. The highest BCUT2D eigenvalue weighted by Crippen LogP contribution is 2.22. The van der Waals surface area contributed by atoms with Crippen molar-refractivity contribution in [1.29, 1.82) is 0 Å². The highest BCUT2D eigenvalue weighted by atomic mass is 16.1. The number of rotatable bonds is 1. The van der Waals surface area contributed by atoms with Crippen LogP contribution in [0.25, 0.3) is 0 Å². The zero-order valence-corrected chi connectivity index (χ0v) is 6.72. The summed E-state index contributed by atoms with van der Waals surface area (Å²) >= 11 is 0. The highest BCUT2D eigenvalue weighted by molar-refractivity contribution is 5.98. The van der Waals surface area contributed by atoms with E-state index < -0.39 is 0 Å². The van der Waals surface area contributed by atoms with Gasteiger partial charge in [0.25, 0.3) is 0 Å². The van der Waals surface area contributed by atoms with Crippen LogP contribution in [-0.4, -0.2) is 17.9 Å². The lowest BCUT2D eigenvalue weighted by Crippen LogP contribution is -2.04. The molecule has 0 bridgehead atoms. The van der Waals surface area contributed by atoms with Crippen LogP contribution >= 0.6 is 0 Å². The number of fused-ring (bicyclic) bond motifs is 1. The van der Waals surface area contributed by atoms with E-state index >= 15 is 0 Å². The zero-order chi connectivity index (χ0) is 8.55. The van der Waals surface area contributed by atoms with Crippen LogP contribution in [0, 0.1) is 0 Å². The minimum absolute atomic E-state index is 0.0192. The van der Waals surface area contributed by atoms with Crippen molar-refractivity contribution >= 4 is 17.4 Å². The van der Waals surface area contributed by atoms with Gasteiger partial charge in [-0.15, -0.1) is 0 Å². The summed E-state index contributed by atoms with van der Waals surface area (Å²) in [4.78, 5) is 15.0. The maximum atomic E-state index is 10.9. The monoisotopic (exact) mass is 163 g/mol. The minimum atomic E-state index is 0.0192. The van der Waals surface area contributed by atoms with Crippen molar-refractivity contribution in [3.63, 3.8) is 0 Å². The topological polar surface area (TPSA) is 54.0 Å². The zero-order valence-electron chi connectivity index (χ0n) is 6.72. The van der Waals surface area contributed by atoms with Crippen molar-refractivity contribution in [3.05, 3.63) is 17.8 Å². The molecule has 0 radical (unpaired) electrons. The predicted molar refractivity (Wildman–Crippen MR) is 46.1 cm³/mol. The van der Waals surface area contributed by atoms with Gasteiger partial charge in [0.1, 0.15) is 5.82 Å². The SMILES string of the molecule is CNc1cnc2c(c1)CC(=O)N2. The second-order valence-electron chi connectivity index (χ2n) is 2.71. The van der Waals surface area contributed by atoms with Gasteiger partial charge in [0.2, 0.25) is 5.91 Å². The van der Waals surface area contributed by atoms with Crippen LogP contribution in [0.15, 0.2) is 12.3 Å². The molecular formula is C8H9N3O. The molecule has 0 fully saturated rings. The summed E-state index contributed by atoms with van der Waals surface area (Å²) in [6.45, 7) is 0. The number of carbonyl (C=O) groups excluding carboxylic acids is 1. The number of pyridine rings is 1. The molecule has 0 saturated carbocycles. The fourth-order valence-corrected chi connectivity index (χ4v) is 1.24. The molecule has 2 heterocycles. The van der Waals surface area contributed by atoms with Gasteiger partial charge in [-0.2, -0.15) is 0 Å². The Bertz CT molecular complexity index is 335. The molecule has 0 aromatic carbocycles. The van der Waals surface area contributed by atoms with Crippen LogP contribution in [0.2, 0.25) is 0 Å². The van der Waals surface area contributed by atoms with Crippen LogP contribution in [0.1, 0.15) is 5.56 Å². The van der Waals surface area contributed by atoms with Gasteiger partial charge in [0.05, 0.1) is 18.3 Å². The summed E-state index contributed by atoms with van der Waals surface area (Å²) in [5.41, 5.74) is 1.90. The van der Waals surface area contributed by atoms with Crippen LogP contribution < -0.4 is 10.6 Å². The highest BCUT2D eigenvalue weighted by Gasteiger charge is 2.18. The fourth-order valence-electron chi connectivity index (χ4n) is 1.24. The van der Waals surface area contributed by atoms with Gasteiger partial charge in [-0.05, 0) is 6.07 Å². The molecular weight excluding hydrogens is 154 g/mol. The van der Waals surface area contributed by atoms with Crippen molar-refractivity contribution in [3.8, 4) is 0 Å². The Balaban J connectivity index is 2.41. The third kappa shape index (κ3) is 1.01. The van der Waals surface area contributed by atoms with Gasteiger partial charge in [-0.25, -0.2) is 4.98 Å². The maximum absolute atomic E-state index is 10.9. The molecule has 0 unspecified atom stereocenters. The van der Waals surface area contributed by atoms with E-state index in [4.69, 9.17) is 0 Å². The van der Waals surface area contributed by atoms with E-state index in [1.807, 2.05) is 13.1 Å². The summed E-state index contributed by atoms with van der Waals surface area (Å²) < 4.78 is 0. The van der Waals surface area contributed by atoms with Gasteiger partial charge in [0.15, 0.2) is 0 Å². The van der Waals surface area contributed by atoms with Crippen LogP contribution in [0.5, 0.6) is 0 Å². The number of nitrogens with zero attached hydrogens (tertiary/aromatic N) is 1. The van der Waals surface area contributed by atoms with Crippen molar-refractivity contribution in [2.75, 3.05) is 17.7 Å². The Morgan fingerprint density at radius 3 is 3.25 bits per heavy atom. The minimum Gasteiger partial charge on any atom is -0.387 e. The van der Waals surface area contributed by atoms with E-state index in [-0.39, 0.29) is 5.91 Å². The Labute approximate surface area is 70.0 Å². The molecule has 0 spiro atoms. The second kappa shape index (κ2) is 2.48. The lowest BCUT2D eigenvalue weighted by molar-refractivity contribution is -0.115. The van der Waals surface area contributed by atoms with E-state index in [1.54, 1.807) is 6.20 Å². The fraction of sp³-hybridized carbons (Fsp3) is 0.250. The number of carbonyl (C=O) groups is 1. The summed E-state index contributed by atoms with van der Waals surface area (Å²) in [6.07, 6.45) is 2.14. The van der Waals surface area contributed by atoms with Crippen LogP contribution in [0.4, 0.5) is 11.5 Å². The van der Waals surface area contributed by atoms with Gasteiger partial charge >= 0.3 is 0 Å². The van der Waals surface area contributed by atoms with E-state index in [1.165, 1.54) is 0 Å². The molecule has 12 heavy (non-hydrogen) atoms. The molecule has 1 aromatic heterocycles. The third-order valence-corrected chi connectivity index (χ3v) is 1.86. The van der Waals surface area contributed by atoms with Gasteiger partial charge < -0.3 is 10.6 Å². The first kappa shape index (κ1) is 7.09. The predicted octanol–water partition coefficient (Wildman–Crippen LogP) is 0.618. The molecule has 62 valence electrons. The number of hydrogen-bond acceptors (Lipinski definition) is 3. The summed E-state index contributed by atoms with van der Waals surface area (Å²) in [5, 5.41) is 5.64. The third-order valence-electron chi connectivity index (χ3n) is 1.86. The largest absolute Gasteiger partial charge is 0.387 e. The number of anilines is 2. The number of amides is 1. The van der Waals surface area contributed by atoms with Crippen molar-refractivity contribution in [2.45, 2.75) is 6.42 Å². The Morgan fingerprint density at radius 1 is 1.67 bits per heavy atom. The molecule has 2 N–H and O–H groups in total. The summed E-state index contributed by atoms with van der Waals surface area (Å²) in [6, 6.07) is 1.93. The first-order chi connectivity index (χ1) is 5.79. The average Bonchev–Trinajstić information content (AvgIpc) is 2.43. The molecule has 1 aliphatic heterocycles. The standard InChI is InChI=1S/C8H9N3O/c1-9-6-2-5-3-7(12)11-8(5)10-4-6/h2,4,9H,3H2,1H3,(H,10,11,12). The van der Waals surface area contributed by atoms with Gasteiger partial charge in [-0.3, -0.25) is 4.79 Å². The summed E-state index contributed by atoms with van der Waals surface area (Å²) in [7, 11) is 1.83. The normalized spacial score (nSPS) is 13.9. The van der Waals surface area contributed by atoms with Crippen molar-refractivity contribution < 1.29 is 4.79 Å². The van der Waals surface area contributed by atoms with Gasteiger partial charge in [-0.1, -0.05) is 0 Å². The number of aromatic nitrogens is 1. The first-order valence-corrected chi connectivity index (χ1v) is 3.76. The molecule has 0 aliphatic carbocycles. The smallest absolute Gasteiger partial charge is 0.230 e. The molecule has 4 heteroatoms. The maximum Gasteiger partial charge on any atom is 0.230 e. The molecule has 4 nitrogen and oxygen atoms in total. The van der Waals surface area contributed by atoms with E-state index in [2.05, 4.69) is 15.6 Å². The number of hydrogen-bond donors (Lipinski definition) is 2. The molecule has 0 atom stereocenters. The molecule has 0 saturated heterocycles. The van der Waals surface area contributed by atoms with E-state index in [0.29, 0.717) is 12.2 Å². The quantitative estimate of drug-likeness (QED) is 0.638. The molecule has 1 aromatic rings. The van der Waals surface area contributed by atoms with Crippen LogP contribution in [-0.2, 0) is 11.2 Å².